The number of rotatable bonds is 1. The van der Waals surface area contributed by atoms with Crippen LogP contribution in [0.15, 0.2) is 118 Å². The fraction of sp³-hybridized carbons (Fsp3) is 0.231. The number of aromatic amines is 2. The average molecular weight is 1000 g/mol. The highest BCUT2D eigenvalue weighted by atomic mass is 79.9. The number of aromatic nitrogens is 3. The van der Waals surface area contributed by atoms with E-state index in [0.29, 0.717) is 29.8 Å². The summed E-state index contributed by atoms with van der Waals surface area (Å²) in [7, 11) is 3.15. The summed E-state index contributed by atoms with van der Waals surface area (Å²) in [6.45, 7) is 0. The summed E-state index contributed by atoms with van der Waals surface area (Å²) >= 11 is 7.10. The summed E-state index contributed by atoms with van der Waals surface area (Å²) in [5, 5.41) is 18.2. The number of halogens is 2. The van der Waals surface area contributed by atoms with Gasteiger partial charge in [0.25, 0.3) is 11.8 Å². The molecule has 3 aromatic heterocycles. The van der Waals surface area contributed by atoms with E-state index in [9.17, 15) is 24.3 Å². The molecule has 0 bridgehead atoms. The van der Waals surface area contributed by atoms with E-state index in [1.54, 1.807) is 14.1 Å². The van der Waals surface area contributed by atoms with Crippen LogP contribution in [0.3, 0.4) is 0 Å². The van der Waals surface area contributed by atoms with Crippen LogP contribution in [0.25, 0.3) is 54.5 Å². The fourth-order valence-corrected chi connectivity index (χ4v) is 12.5. The number of H-pyrrole nitrogens is 2. The highest BCUT2D eigenvalue weighted by Crippen LogP contribution is 2.60. The monoisotopic (exact) mass is 1000 g/mol. The van der Waals surface area contributed by atoms with E-state index in [0.717, 1.165) is 92.4 Å². The van der Waals surface area contributed by atoms with Gasteiger partial charge in [-0.25, -0.2) is 0 Å². The zero-order valence-corrected chi connectivity index (χ0v) is 38.7. The normalized spacial score (nSPS) is 26.1. The quantitative estimate of drug-likeness (QED) is 0.0725. The third kappa shape index (κ3) is 5.55. The van der Waals surface area contributed by atoms with Gasteiger partial charge in [0.1, 0.15) is 6.10 Å². The number of nitrogens with zero attached hydrogens (tertiary/aromatic N) is 3. The topological polar surface area (TPSA) is 156 Å². The second kappa shape index (κ2) is 14.3. The smallest absolute Gasteiger partial charge is 0.262 e. The Labute approximate surface area is 393 Å². The van der Waals surface area contributed by atoms with Crippen molar-refractivity contribution in [1.29, 1.82) is 0 Å². The van der Waals surface area contributed by atoms with Crippen molar-refractivity contribution in [2.75, 3.05) is 19.4 Å². The number of carbonyl (C=O) groups excluding carboxylic acids is 4. The number of anilines is 1. The van der Waals surface area contributed by atoms with Crippen molar-refractivity contribution < 1.29 is 29.0 Å². The first kappa shape index (κ1) is 40.0. The van der Waals surface area contributed by atoms with Crippen molar-refractivity contribution in [2.24, 2.45) is 5.92 Å². The standard InChI is InChI=1S/C26H18BrN3O3.C21H16BrN3O2.C5H6O/c1-29-25(32)21-19-16-10-12(27)6-9-17(16)28-23(19)24-20(22(21)26(29)33)15-4-2-3-5-18(15)30(24)13-7-8-14(31)11-13;1-25-20(26)16-14-10-4-2-3-5-12(10)23-18(14)19-15(17(16)21(25)27)11-8-9(22)6-7-13(11)24-19;1-2-4-5(3-1)6-4/h2-10,13-14,28,31H,11H2,1H3;2-8,14,16-18,23-24H,1H3;1-2,4-5H,3H2/t13?,14-;;/m1../s1. The van der Waals surface area contributed by atoms with Crippen molar-refractivity contribution in [3.63, 3.8) is 0 Å². The minimum Gasteiger partial charge on any atom is -0.389 e. The Morgan fingerprint density at radius 3 is 2.14 bits per heavy atom. The summed E-state index contributed by atoms with van der Waals surface area (Å²) < 4.78 is 9.14. The predicted octanol–water partition coefficient (Wildman–Crippen LogP) is 9.89. The van der Waals surface area contributed by atoms with E-state index in [-0.39, 0.29) is 47.5 Å². The predicted molar refractivity (Wildman–Crippen MR) is 260 cm³/mol. The lowest BCUT2D eigenvalue weighted by Crippen LogP contribution is -2.33. The summed E-state index contributed by atoms with van der Waals surface area (Å²) in [4.78, 5) is 62.6. The molecule has 3 aliphatic carbocycles. The highest BCUT2D eigenvalue weighted by molar-refractivity contribution is 9.10. The summed E-state index contributed by atoms with van der Waals surface area (Å²) in [5.41, 5.74) is 9.68. The molecule has 14 heteroatoms. The maximum absolute atomic E-state index is 13.4. The van der Waals surface area contributed by atoms with Crippen LogP contribution in [0.4, 0.5) is 5.69 Å². The third-order valence-corrected chi connectivity index (χ3v) is 15.8. The second-order valence-corrected chi connectivity index (χ2v) is 20.1. The Morgan fingerprint density at radius 2 is 1.44 bits per heavy atom. The number of benzene rings is 5. The Bertz CT molecular complexity index is 3580. The molecule has 0 radical (unpaired) electrons. The summed E-state index contributed by atoms with van der Waals surface area (Å²) in [6, 6.07) is 28.0. The van der Waals surface area contributed by atoms with Gasteiger partial charge in [-0.05, 0) is 66.1 Å². The molecule has 2 saturated heterocycles. The molecule has 328 valence electrons. The molecule has 4 amide bonds. The molecule has 4 aliphatic heterocycles. The molecule has 8 aromatic rings. The Kier molecular flexibility index (Phi) is 8.69. The number of hydrogen-bond acceptors (Lipinski definition) is 7. The molecule has 7 heterocycles. The van der Waals surface area contributed by atoms with Crippen LogP contribution in [0.2, 0.25) is 0 Å². The van der Waals surface area contributed by atoms with Crippen molar-refractivity contribution >= 4 is 116 Å². The fourth-order valence-electron chi connectivity index (χ4n) is 11.8. The van der Waals surface area contributed by atoms with Crippen LogP contribution < -0.4 is 5.32 Å². The number of para-hydroxylation sites is 2. The number of likely N-dealkylation sites (tertiary alicyclic amines) is 1. The number of nitrogens with one attached hydrogen (secondary N) is 3. The van der Waals surface area contributed by atoms with Crippen LogP contribution in [-0.4, -0.2) is 85.5 Å². The molecular formula is C52H40Br2N6O6. The van der Waals surface area contributed by atoms with Gasteiger partial charge in [-0.1, -0.05) is 92.6 Å². The number of likely N-dealkylation sites (N-methyl/N-ethyl adjacent to an activating group) is 1. The number of ether oxygens (including phenoxy) is 1. The van der Waals surface area contributed by atoms with E-state index < -0.39 is 12.0 Å². The van der Waals surface area contributed by atoms with Crippen LogP contribution in [0.1, 0.15) is 74.3 Å². The lowest BCUT2D eigenvalue weighted by molar-refractivity contribution is -0.138. The molecule has 7 unspecified atom stereocenters. The Hall–Kier alpha value is -6.32. The number of allylic oxidation sites excluding steroid dienone is 1. The maximum atomic E-state index is 13.4. The van der Waals surface area contributed by atoms with E-state index >= 15 is 0 Å². The van der Waals surface area contributed by atoms with Crippen LogP contribution in [0.5, 0.6) is 0 Å². The van der Waals surface area contributed by atoms with E-state index in [1.807, 2.05) is 91.0 Å². The number of aliphatic hydroxyl groups excluding tert-OH is 1. The van der Waals surface area contributed by atoms with Crippen LogP contribution >= 0.6 is 31.9 Å². The van der Waals surface area contributed by atoms with Gasteiger partial charge in [-0.3, -0.25) is 29.0 Å². The van der Waals surface area contributed by atoms with E-state index in [1.165, 1.54) is 9.80 Å². The number of amides is 4. The van der Waals surface area contributed by atoms with Crippen LogP contribution in [0, 0.1) is 5.92 Å². The minimum atomic E-state index is -0.510. The zero-order chi connectivity index (χ0) is 45.0. The molecule has 8 atom stereocenters. The number of epoxide rings is 1. The van der Waals surface area contributed by atoms with Gasteiger partial charge in [0.2, 0.25) is 11.8 Å². The van der Waals surface area contributed by atoms with Gasteiger partial charge in [0.15, 0.2) is 0 Å². The maximum Gasteiger partial charge on any atom is 0.262 e. The molecule has 7 aliphatic rings. The first-order chi connectivity index (χ1) is 32.0. The molecule has 0 saturated carbocycles. The van der Waals surface area contributed by atoms with Crippen LogP contribution in [-0.2, 0) is 14.3 Å². The largest absolute Gasteiger partial charge is 0.389 e. The molecule has 4 N–H and O–H groups in total. The molecule has 5 aromatic carbocycles. The minimum absolute atomic E-state index is 0.0342. The number of aliphatic hydroxyl groups is 1. The van der Waals surface area contributed by atoms with E-state index in [4.69, 9.17) is 4.74 Å². The first-order valence-electron chi connectivity index (χ1n) is 22.2. The number of carbonyl (C=O) groups is 4. The third-order valence-electron chi connectivity index (χ3n) is 14.8. The van der Waals surface area contributed by atoms with Crippen molar-refractivity contribution in [2.45, 2.75) is 55.1 Å². The van der Waals surface area contributed by atoms with Crippen molar-refractivity contribution in [1.82, 2.24) is 24.3 Å². The summed E-state index contributed by atoms with van der Waals surface area (Å²) in [6.07, 6.45) is 10.5. The molecular weight excluding hydrogens is 964 g/mol. The van der Waals surface area contributed by atoms with Crippen molar-refractivity contribution in [3.8, 4) is 0 Å². The molecule has 15 rings (SSSR count). The molecule has 2 fully saturated rings. The van der Waals surface area contributed by atoms with Gasteiger partial charge in [0.05, 0.1) is 58.3 Å². The first-order valence-corrected chi connectivity index (χ1v) is 23.8. The highest BCUT2D eigenvalue weighted by Gasteiger charge is 2.59. The molecule has 66 heavy (non-hydrogen) atoms. The average Bonchev–Trinajstić information content (AvgIpc) is 4.07. The van der Waals surface area contributed by atoms with Gasteiger partial charge >= 0.3 is 0 Å². The van der Waals surface area contributed by atoms with Gasteiger partial charge in [-0.2, -0.15) is 0 Å². The second-order valence-electron chi connectivity index (χ2n) is 18.3. The molecule has 12 nitrogen and oxygen atoms in total. The Balaban J connectivity index is 0.000000118. The number of imide groups is 2. The summed E-state index contributed by atoms with van der Waals surface area (Å²) in [5.74, 6) is -1.59. The van der Waals surface area contributed by atoms with E-state index in [2.05, 4.69) is 69.9 Å². The SMILES string of the molecule is C1=CC2OC2C1.CN1C(=O)C2c3c([nH]c4ccc(Br)cc34)C3Nc4ccccc4C3C2C1=O.CN1C(=O)c2c(c3c4ccccc4n(C4C=C[C@@H](O)C4)c3c3[nH]c4ccc(Br)cc4c23)C1=O. The lowest BCUT2D eigenvalue weighted by atomic mass is 9.68. The Morgan fingerprint density at radius 1 is 0.727 bits per heavy atom. The number of hydrogen-bond donors (Lipinski definition) is 4. The van der Waals surface area contributed by atoms with Gasteiger partial charge in [-0.15, -0.1) is 0 Å². The molecule has 0 spiro atoms. The van der Waals surface area contributed by atoms with Gasteiger partial charge in [0, 0.05) is 90.2 Å². The van der Waals surface area contributed by atoms with Gasteiger partial charge < -0.3 is 29.7 Å². The zero-order valence-electron chi connectivity index (χ0n) is 35.5. The van der Waals surface area contributed by atoms with Crippen molar-refractivity contribution in [3.05, 3.63) is 146 Å². The number of fused-ring (bicyclic) bond motifs is 21. The lowest BCUT2D eigenvalue weighted by Gasteiger charge is -2.33.